The largest absolute Gasteiger partial charge is 0.0888 e. The molecule has 19 heavy (non-hydrogen) atoms. The van der Waals surface area contributed by atoms with E-state index in [2.05, 4.69) is 77.5 Å². The molecular weight excluding hydrogens is 296 g/mol. The van der Waals surface area contributed by atoms with Gasteiger partial charge in [-0.05, 0) is 41.4 Å². The molecule has 1 heteroatoms. The normalized spacial score (nSPS) is 26.5. The smallest absolute Gasteiger partial charge is 0.0177 e. The summed E-state index contributed by atoms with van der Waals surface area (Å²) in [6.07, 6.45) is 2.61. The van der Waals surface area contributed by atoms with E-state index in [1.165, 1.54) is 29.5 Å². The molecule has 1 aliphatic rings. The zero-order valence-electron chi connectivity index (χ0n) is 11.2. The summed E-state index contributed by atoms with van der Waals surface area (Å²) in [5.74, 6) is 1.46. The van der Waals surface area contributed by atoms with Crippen LogP contribution in [0, 0.1) is 5.92 Å². The fraction of sp³-hybridized carbons (Fsp3) is 0.333. The van der Waals surface area contributed by atoms with Crippen LogP contribution in [0.1, 0.15) is 31.2 Å². The van der Waals surface area contributed by atoms with Crippen LogP contribution in [-0.2, 0) is 0 Å². The molecule has 2 aromatic carbocycles. The van der Waals surface area contributed by atoms with Crippen molar-refractivity contribution in [1.29, 1.82) is 0 Å². The minimum Gasteiger partial charge on any atom is -0.0888 e. The van der Waals surface area contributed by atoms with Gasteiger partial charge in [0.1, 0.15) is 0 Å². The van der Waals surface area contributed by atoms with E-state index in [-0.39, 0.29) is 0 Å². The molecule has 0 amide bonds. The minimum absolute atomic E-state index is 0.686. The number of halogens is 1. The van der Waals surface area contributed by atoms with Crippen LogP contribution in [0.5, 0.6) is 0 Å². The molecule has 0 saturated heterocycles. The summed E-state index contributed by atoms with van der Waals surface area (Å²) in [4.78, 5) is 0.686. The van der Waals surface area contributed by atoms with E-state index in [4.69, 9.17) is 0 Å². The Balaban J connectivity index is 1.84. The van der Waals surface area contributed by atoms with E-state index in [1.807, 2.05) is 0 Å². The van der Waals surface area contributed by atoms with Crippen LogP contribution < -0.4 is 0 Å². The Morgan fingerprint density at radius 1 is 0.842 bits per heavy atom. The summed E-state index contributed by atoms with van der Waals surface area (Å²) in [5.41, 5.74) is 4.10. The second-order valence-electron chi connectivity index (χ2n) is 5.55. The quantitative estimate of drug-likeness (QED) is 0.630. The van der Waals surface area contributed by atoms with Gasteiger partial charge >= 0.3 is 0 Å². The van der Waals surface area contributed by atoms with Crippen molar-refractivity contribution >= 4 is 15.9 Å². The van der Waals surface area contributed by atoms with Crippen molar-refractivity contribution in [3.63, 3.8) is 0 Å². The molecule has 1 fully saturated rings. The van der Waals surface area contributed by atoms with Crippen molar-refractivity contribution in [2.75, 3.05) is 0 Å². The van der Waals surface area contributed by atoms with Crippen molar-refractivity contribution < 1.29 is 0 Å². The average molecular weight is 315 g/mol. The minimum atomic E-state index is 0.686. The molecule has 2 aromatic rings. The maximum atomic E-state index is 3.79. The fourth-order valence-electron chi connectivity index (χ4n) is 3.14. The first kappa shape index (κ1) is 12.9. The van der Waals surface area contributed by atoms with Crippen LogP contribution in [-0.4, -0.2) is 4.83 Å². The van der Waals surface area contributed by atoms with E-state index in [9.17, 15) is 0 Å². The van der Waals surface area contributed by atoms with Gasteiger partial charge in [0.2, 0.25) is 0 Å². The summed E-state index contributed by atoms with van der Waals surface area (Å²) >= 11 is 3.79. The maximum Gasteiger partial charge on any atom is 0.0177 e. The average Bonchev–Trinajstić information content (AvgIpc) is 2.80. The maximum absolute atomic E-state index is 3.79. The van der Waals surface area contributed by atoms with Crippen molar-refractivity contribution in [1.82, 2.24) is 0 Å². The zero-order chi connectivity index (χ0) is 13.2. The van der Waals surface area contributed by atoms with Crippen LogP contribution in [0.4, 0.5) is 0 Å². The highest BCUT2D eigenvalue weighted by molar-refractivity contribution is 9.09. The van der Waals surface area contributed by atoms with Crippen molar-refractivity contribution in [3.8, 4) is 11.1 Å². The summed E-state index contributed by atoms with van der Waals surface area (Å²) in [7, 11) is 0. The van der Waals surface area contributed by atoms with E-state index < -0.39 is 0 Å². The Hall–Kier alpha value is -1.08. The fourth-order valence-corrected chi connectivity index (χ4v) is 3.77. The standard InChI is InChI=1S/C18H19Br/c1-13-17(11-12-18(13)19)16-9-7-15(8-10-16)14-5-3-2-4-6-14/h2-10,13,17-18H,11-12H2,1H3. The molecule has 0 spiro atoms. The van der Waals surface area contributed by atoms with E-state index in [0.29, 0.717) is 10.7 Å². The number of hydrogen-bond acceptors (Lipinski definition) is 0. The van der Waals surface area contributed by atoms with E-state index >= 15 is 0 Å². The van der Waals surface area contributed by atoms with Gasteiger partial charge in [-0.1, -0.05) is 77.5 Å². The van der Waals surface area contributed by atoms with Crippen LogP contribution in [0.2, 0.25) is 0 Å². The van der Waals surface area contributed by atoms with E-state index in [1.54, 1.807) is 0 Å². The van der Waals surface area contributed by atoms with Gasteiger partial charge in [-0.3, -0.25) is 0 Å². The third-order valence-electron chi connectivity index (χ3n) is 4.40. The SMILES string of the molecule is CC1C(Br)CCC1c1ccc(-c2ccccc2)cc1. The van der Waals surface area contributed by atoms with Crippen molar-refractivity contribution in [2.24, 2.45) is 5.92 Å². The van der Waals surface area contributed by atoms with Gasteiger partial charge in [0.05, 0.1) is 0 Å². The summed E-state index contributed by atoms with van der Waals surface area (Å²) in [6, 6.07) is 19.7. The predicted molar refractivity (Wildman–Crippen MR) is 85.7 cm³/mol. The molecule has 98 valence electrons. The zero-order valence-corrected chi connectivity index (χ0v) is 12.8. The number of hydrogen-bond donors (Lipinski definition) is 0. The molecule has 0 aliphatic heterocycles. The van der Waals surface area contributed by atoms with Gasteiger partial charge in [-0.25, -0.2) is 0 Å². The third kappa shape index (κ3) is 2.62. The lowest BCUT2D eigenvalue weighted by atomic mass is 9.89. The molecule has 1 saturated carbocycles. The molecule has 0 heterocycles. The first-order valence-electron chi connectivity index (χ1n) is 7.05. The van der Waals surface area contributed by atoms with Crippen molar-refractivity contribution in [2.45, 2.75) is 30.5 Å². The number of alkyl halides is 1. The number of rotatable bonds is 2. The first-order valence-corrected chi connectivity index (χ1v) is 7.97. The second kappa shape index (κ2) is 5.50. The highest BCUT2D eigenvalue weighted by Gasteiger charge is 2.31. The lowest BCUT2D eigenvalue weighted by molar-refractivity contribution is 0.545. The Kier molecular flexibility index (Phi) is 3.74. The highest BCUT2D eigenvalue weighted by Crippen LogP contribution is 2.43. The molecule has 0 aromatic heterocycles. The third-order valence-corrected chi connectivity index (χ3v) is 5.70. The van der Waals surface area contributed by atoms with Crippen LogP contribution in [0.15, 0.2) is 54.6 Å². The van der Waals surface area contributed by atoms with Crippen molar-refractivity contribution in [3.05, 3.63) is 60.2 Å². The van der Waals surface area contributed by atoms with E-state index in [0.717, 1.165) is 5.92 Å². The Labute approximate surface area is 124 Å². The summed E-state index contributed by atoms with van der Waals surface area (Å²) < 4.78 is 0. The Morgan fingerprint density at radius 2 is 1.47 bits per heavy atom. The van der Waals surface area contributed by atoms with Gasteiger partial charge in [0.15, 0.2) is 0 Å². The molecule has 0 radical (unpaired) electrons. The van der Waals surface area contributed by atoms with Crippen LogP contribution in [0.25, 0.3) is 11.1 Å². The highest BCUT2D eigenvalue weighted by atomic mass is 79.9. The van der Waals surface area contributed by atoms with Gasteiger partial charge in [0.25, 0.3) is 0 Å². The number of benzene rings is 2. The lowest BCUT2D eigenvalue weighted by Crippen LogP contribution is -2.08. The molecule has 1 aliphatic carbocycles. The predicted octanol–water partition coefficient (Wildman–Crippen LogP) is 5.63. The topological polar surface area (TPSA) is 0 Å². The first-order chi connectivity index (χ1) is 9.25. The van der Waals surface area contributed by atoms with Gasteiger partial charge in [-0.2, -0.15) is 0 Å². The molecule has 3 unspecified atom stereocenters. The lowest BCUT2D eigenvalue weighted by Gasteiger charge is -2.18. The Morgan fingerprint density at radius 3 is 2.05 bits per heavy atom. The molecule has 0 N–H and O–H groups in total. The van der Waals surface area contributed by atoms with Gasteiger partial charge < -0.3 is 0 Å². The molecule has 0 nitrogen and oxygen atoms in total. The summed E-state index contributed by atoms with van der Waals surface area (Å²) in [5, 5.41) is 0. The molecule has 3 atom stereocenters. The van der Waals surface area contributed by atoms with Gasteiger partial charge in [-0.15, -0.1) is 0 Å². The van der Waals surface area contributed by atoms with Gasteiger partial charge in [0, 0.05) is 4.83 Å². The molecular formula is C18H19Br. The van der Waals surface area contributed by atoms with Crippen LogP contribution in [0.3, 0.4) is 0 Å². The monoisotopic (exact) mass is 314 g/mol. The molecule has 0 bridgehead atoms. The second-order valence-corrected chi connectivity index (χ2v) is 6.72. The summed E-state index contributed by atoms with van der Waals surface area (Å²) in [6.45, 7) is 2.36. The van der Waals surface area contributed by atoms with Crippen LogP contribution >= 0.6 is 15.9 Å². The molecule has 3 rings (SSSR count). The Bertz CT molecular complexity index is 529.